The largest absolute Gasteiger partial charge is 0.497 e. The van der Waals surface area contributed by atoms with Crippen LogP contribution >= 0.6 is 11.6 Å². The fourth-order valence-electron chi connectivity index (χ4n) is 2.44. The molecule has 3 rings (SSSR count). The molecule has 0 radical (unpaired) electrons. The summed E-state index contributed by atoms with van der Waals surface area (Å²) in [6.07, 6.45) is 0. The quantitative estimate of drug-likeness (QED) is 0.690. The van der Waals surface area contributed by atoms with Gasteiger partial charge in [-0.05, 0) is 47.0 Å². The van der Waals surface area contributed by atoms with Crippen molar-refractivity contribution in [2.75, 3.05) is 7.11 Å². The summed E-state index contributed by atoms with van der Waals surface area (Å²) in [6, 6.07) is 16.2. The van der Waals surface area contributed by atoms with Crippen molar-refractivity contribution in [2.24, 2.45) is 0 Å². The number of benzene rings is 2. The van der Waals surface area contributed by atoms with Crippen LogP contribution in [-0.4, -0.2) is 12.1 Å². The van der Waals surface area contributed by atoms with E-state index in [0.29, 0.717) is 22.0 Å². The number of aromatic nitrogens is 1. The monoisotopic (exact) mass is 336 g/mol. The topological polar surface area (TPSA) is 46.5 Å². The van der Waals surface area contributed by atoms with E-state index in [1.807, 2.05) is 24.3 Å². The average Bonchev–Trinajstić information content (AvgIpc) is 2.61. The molecular formula is C19H13ClN2O2. The lowest BCUT2D eigenvalue weighted by Gasteiger charge is -2.09. The first-order valence-corrected chi connectivity index (χ1v) is 7.55. The third kappa shape index (κ3) is 3.03. The molecule has 24 heavy (non-hydrogen) atoms. The molecule has 0 fully saturated rings. The van der Waals surface area contributed by atoms with Crippen LogP contribution in [0.2, 0.25) is 5.02 Å². The van der Waals surface area contributed by atoms with Gasteiger partial charge in [-0.2, -0.15) is 0 Å². The summed E-state index contributed by atoms with van der Waals surface area (Å²) >= 11 is 5.91. The van der Waals surface area contributed by atoms with Gasteiger partial charge < -0.3 is 9.72 Å². The Kier molecular flexibility index (Phi) is 4.37. The zero-order valence-electron chi connectivity index (χ0n) is 12.8. The molecule has 0 spiro atoms. The Morgan fingerprint density at radius 3 is 2.25 bits per heavy atom. The maximum Gasteiger partial charge on any atom is 0.258 e. The first-order chi connectivity index (χ1) is 11.6. The lowest BCUT2D eigenvalue weighted by Crippen LogP contribution is -2.07. The van der Waals surface area contributed by atoms with Crippen molar-refractivity contribution in [3.05, 3.63) is 81.4 Å². The number of ether oxygens (including phenoxy) is 1. The molecule has 0 saturated heterocycles. The summed E-state index contributed by atoms with van der Waals surface area (Å²) in [5.41, 5.74) is 2.48. The number of halogens is 1. The second-order valence-electron chi connectivity index (χ2n) is 5.12. The van der Waals surface area contributed by atoms with E-state index in [9.17, 15) is 4.79 Å². The highest BCUT2D eigenvalue weighted by atomic mass is 35.5. The van der Waals surface area contributed by atoms with Crippen molar-refractivity contribution in [1.29, 1.82) is 0 Å². The molecule has 4 nitrogen and oxygen atoms in total. The Labute approximate surface area is 144 Å². The molecule has 0 aliphatic heterocycles. The molecule has 1 N–H and O–H groups in total. The van der Waals surface area contributed by atoms with Crippen LogP contribution in [0.25, 0.3) is 27.2 Å². The average molecular weight is 337 g/mol. The van der Waals surface area contributed by atoms with Gasteiger partial charge in [0.25, 0.3) is 11.2 Å². The van der Waals surface area contributed by atoms with Gasteiger partial charge in [-0.3, -0.25) is 4.79 Å². The normalized spacial score (nSPS) is 10.2. The van der Waals surface area contributed by atoms with Gasteiger partial charge in [0, 0.05) is 10.7 Å². The predicted molar refractivity (Wildman–Crippen MR) is 95.8 cm³/mol. The fourth-order valence-corrected chi connectivity index (χ4v) is 2.57. The highest BCUT2D eigenvalue weighted by Gasteiger charge is 2.13. The number of nitrogens with one attached hydrogen (secondary N) is 1. The highest BCUT2D eigenvalue weighted by Crippen LogP contribution is 2.32. The van der Waals surface area contributed by atoms with E-state index >= 15 is 0 Å². The van der Waals surface area contributed by atoms with E-state index in [0.717, 1.165) is 11.1 Å². The Bertz CT molecular complexity index is 968. The number of hydrogen-bond donors (Lipinski definition) is 1. The molecule has 5 heteroatoms. The third-order valence-electron chi connectivity index (χ3n) is 3.68. The van der Waals surface area contributed by atoms with E-state index in [1.54, 1.807) is 37.4 Å². The van der Waals surface area contributed by atoms with Crippen molar-refractivity contribution in [2.45, 2.75) is 0 Å². The summed E-state index contributed by atoms with van der Waals surface area (Å²) in [7, 11) is 1.59. The van der Waals surface area contributed by atoms with Gasteiger partial charge >= 0.3 is 0 Å². The van der Waals surface area contributed by atoms with Crippen LogP contribution in [0.3, 0.4) is 0 Å². The van der Waals surface area contributed by atoms with Gasteiger partial charge in [-0.25, -0.2) is 4.85 Å². The summed E-state index contributed by atoms with van der Waals surface area (Å²) < 4.78 is 5.15. The smallest absolute Gasteiger partial charge is 0.258 e. The van der Waals surface area contributed by atoms with E-state index < -0.39 is 5.56 Å². The number of aromatic amines is 1. The van der Waals surface area contributed by atoms with Crippen LogP contribution < -0.4 is 10.3 Å². The lowest BCUT2D eigenvalue weighted by atomic mass is 10.0. The number of pyridine rings is 1. The molecule has 0 atom stereocenters. The summed E-state index contributed by atoms with van der Waals surface area (Å²) in [4.78, 5) is 18.5. The molecule has 0 amide bonds. The second-order valence-corrected chi connectivity index (χ2v) is 5.56. The van der Waals surface area contributed by atoms with Crippen molar-refractivity contribution in [1.82, 2.24) is 4.98 Å². The van der Waals surface area contributed by atoms with Gasteiger partial charge in [0.1, 0.15) is 5.75 Å². The van der Waals surface area contributed by atoms with Crippen molar-refractivity contribution >= 4 is 17.3 Å². The number of H-pyrrole nitrogens is 1. The first-order valence-electron chi connectivity index (χ1n) is 7.17. The molecule has 0 aliphatic carbocycles. The van der Waals surface area contributed by atoms with E-state index in [1.165, 1.54) is 0 Å². The predicted octanol–water partition coefficient (Wildman–Crippen LogP) is 4.92. The zero-order chi connectivity index (χ0) is 17.1. The van der Waals surface area contributed by atoms with Crippen LogP contribution in [0, 0.1) is 6.57 Å². The zero-order valence-corrected chi connectivity index (χ0v) is 13.6. The lowest BCUT2D eigenvalue weighted by molar-refractivity contribution is 0.415. The highest BCUT2D eigenvalue weighted by molar-refractivity contribution is 6.30. The summed E-state index contributed by atoms with van der Waals surface area (Å²) in [6.45, 7) is 7.32. The molecule has 3 aromatic rings. The van der Waals surface area contributed by atoms with E-state index in [4.69, 9.17) is 22.9 Å². The van der Waals surface area contributed by atoms with Crippen LogP contribution in [0.15, 0.2) is 59.4 Å². The number of nitrogens with zero attached hydrogens (tertiary/aromatic N) is 1. The Balaban J connectivity index is 2.18. The molecule has 0 aliphatic rings. The molecule has 1 aromatic heterocycles. The number of hydrogen-bond acceptors (Lipinski definition) is 2. The molecule has 2 aromatic carbocycles. The minimum absolute atomic E-state index is 0.0675. The maximum atomic E-state index is 12.3. The molecule has 1 heterocycles. The molecule has 0 saturated carbocycles. The summed E-state index contributed by atoms with van der Waals surface area (Å²) in [5.74, 6) is 0.714. The second kappa shape index (κ2) is 6.61. The van der Waals surface area contributed by atoms with Crippen LogP contribution in [-0.2, 0) is 0 Å². The van der Waals surface area contributed by atoms with E-state index in [2.05, 4.69) is 9.83 Å². The SMILES string of the molecule is [C-]#[N+]c1c(-c2ccc(OC)cc2)cc(-c2ccc(Cl)cc2)[nH]c1=O. The Hall–Kier alpha value is -3.03. The van der Waals surface area contributed by atoms with Crippen LogP contribution in [0.5, 0.6) is 5.75 Å². The number of methoxy groups -OCH3 is 1. The van der Waals surface area contributed by atoms with Crippen molar-refractivity contribution < 1.29 is 4.74 Å². The molecule has 118 valence electrons. The summed E-state index contributed by atoms with van der Waals surface area (Å²) in [5, 5.41) is 0.620. The van der Waals surface area contributed by atoms with Crippen LogP contribution in [0.1, 0.15) is 0 Å². The number of rotatable bonds is 3. The van der Waals surface area contributed by atoms with Crippen LogP contribution in [0.4, 0.5) is 5.69 Å². The molecular weight excluding hydrogens is 324 g/mol. The molecule has 0 bridgehead atoms. The van der Waals surface area contributed by atoms with Crippen molar-refractivity contribution in [3.63, 3.8) is 0 Å². The van der Waals surface area contributed by atoms with Gasteiger partial charge in [0.2, 0.25) is 0 Å². The first kappa shape index (κ1) is 15.9. The standard InChI is InChI=1S/C19H13ClN2O2/c1-21-18-16(12-5-9-15(24-2)10-6-12)11-17(22-19(18)23)13-3-7-14(20)8-4-13/h3-11H,2H3,(H,22,23). The maximum absolute atomic E-state index is 12.3. The third-order valence-corrected chi connectivity index (χ3v) is 3.93. The van der Waals surface area contributed by atoms with Gasteiger partial charge in [0.05, 0.1) is 13.7 Å². The Morgan fingerprint density at radius 1 is 1.04 bits per heavy atom. The van der Waals surface area contributed by atoms with E-state index in [-0.39, 0.29) is 5.69 Å². The Morgan fingerprint density at radius 2 is 1.67 bits per heavy atom. The van der Waals surface area contributed by atoms with Gasteiger partial charge in [0.15, 0.2) is 0 Å². The minimum atomic E-state index is -0.414. The van der Waals surface area contributed by atoms with Gasteiger partial charge in [-0.15, -0.1) is 0 Å². The van der Waals surface area contributed by atoms with Gasteiger partial charge in [-0.1, -0.05) is 35.9 Å². The van der Waals surface area contributed by atoms with Crippen molar-refractivity contribution in [3.8, 4) is 28.1 Å². The fraction of sp³-hybridized carbons (Fsp3) is 0.0526. The molecule has 0 unspecified atom stereocenters. The minimum Gasteiger partial charge on any atom is -0.497 e.